The average Bonchev–Trinajstić information content (AvgIpc) is 2.74. The summed E-state index contributed by atoms with van der Waals surface area (Å²) in [4.78, 5) is 8.12. The molecule has 1 aliphatic rings. The maximum absolute atomic E-state index is 13.0. The van der Waals surface area contributed by atoms with Crippen LogP contribution in [0.3, 0.4) is 0 Å². The van der Waals surface area contributed by atoms with Crippen molar-refractivity contribution in [2.45, 2.75) is 32.6 Å². The Kier molecular flexibility index (Phi) is 8.45. The zero-order valence-corrected chi connectivity index (χ0v) is 18.2. The van der Waals surface area contributed by atoms with Gasteiger partial charge in [-0.15, -0.1) is 0 Å². The van der Waals surface area contributed by atoms with Gasteiger partial charge in [-0.2, -0.15) is 13.2 Å². The molecule has 0 amide bonds. The molecule has 1 aromatic carbocycles. The number of benzene rings is 1. The van der Waals surface area contributed by atoms with E-state index in [2.05, 4.69) is 10.3 Å². The maximum atomic E-state index is 13.0. The fourth-order valence-corrected chi connectivity index (χ4v) is 3.35. The summed E-state index contributed by atoms with van der Waals surface area (Å²) in [6.07, 6.45) is -4.22. The van der Waals surface area contributed by atoms with Crippen molar-refractivity contribution >= 4 is 5.96 Å². The molecule has 0 bridgehead atoms. The van der Waals surface area contributed by atoms with Crippen LogP contribution in [0.4, 0.5) is 13.2 Å². The molecule has 7 nitrogen and oxygen atoms in total. The molecule has 2 rings (SSSR count). The molecule has 1 atom stereocenters. The van der Waals surface area contributed by atoms with E-state index in [9.17, 15) is 13.2 Å². The Balaban J connectivity index is 2.12. The lowest BCUT2D eigenvalue weighted by Gasteiger charge is -2.39. The topological polar surface area (TPSA) is 58.6 Å². The number of nitrogens with one attached hydrogen (secondary N) is 1. The van der Waals surface area contributed by atoms with Gasteiger partial charge in [0.1, 0.15) is 6.04 Å². The highest BCUT2D eigenvalue weighted by atomic mass is 19.4. The van der Waals surface area contributed by atoms with Crippen LogP contribution in [0.5, 0.6) is 17.2 Å². The average molecular weight is 432 g/mol. The number of nitrogens with zero attached hydrogens (tertiary/aromatic N) is 3. The molecule has 30 heavy (non-hydrogen) atoms. The number of methoxy groups -OCH3 is 3. The number of rotatable bonds is 7. The number of ether oxygens (including phenoxy) is 3. The van der Waals surface area contributed by atoms with Crippen molar-refractivity contribution < 1.29 is 27.4 Å². The van der Waals surface area contributed by atoms with Crippen LogP contribution in [-0.2, 0) is 6.54 Å². The molecule has 1 aliphatic heterocycles. The van der Waals surface area contributed by atoms with Gasteiger partial charge in [-0.25, -0.2) is 4.99 Å². The first-order valence-electron chi connectivity index (χ1n) is 9.88. The van der Waals surface area contributed by atoms with Gasteiger partial charge in [-0.1, -0.05) is 0 Å². The lowest BCUT2D eigenvalue weighted by Crippen LogP contribution is -2.56. The number of alkyl halides is 3. The van der Waals surface area contributed by atoms with Crippen LogP contribution in [0.2, 0.25) is 0 Å². The number of halogens is 3. The normalized spacial score (nSPS) is 16.9. The zero-order chi connectivity index (χ0) is 22.3. The Morgan fingerprint density at radius 2 is 1.63 bits per heavy atom. The lowest BCUT2D eigenvalue weighted by atomic mass is 10.2. The lowest BCUT2D eigenvalue weighted by molar-refractivity contribution is -0.181. The summed E-state index contributed by atoms with van der Waals surface area (Å²) in [5.74, 6) is 2.27. The Hall–Kier alpha value is -2.36. The van der Waals surface area contributed by atoms with E-state index in [1.54, 1.807) is 21.3 Å². The SMILES string of the molecule is CCNC(=NCc1cc(OC)c(OC)c(OC)c1)N1CCN(C(C)C(F)(F)F)CC1. The van der Waals surface area contributed by atoms with Gasteiger partial charge in [0.25, 0.3) is 0 Å². The van der Waals surface area contributed by atoms with Crippen molar-refractivity contribution in [2.75, 3.05) is 54.1 Å². The summed E-state index contributed by atoms with van der Waals surface area (Å²) in [7, 11) is 4.65. The van der Waals surface area contributed by atoms with Gasteiger partial charge in [-0.3, -0.25) is 4.90 Å². The summed E-state index contributed by atoms with van der Waals surface area (Å²) in [6, 6.07) is 2.22. The van der Waals surface area contributed by atoms with Gasteiger partial charge in [0.15, 0.2) is 17.5 Å². The van der Waals surface area contributed by atoms with E-state index in [1.165, 1.54) is 11.8 Å². The summed E-state index contributed by atoms with van der Waals surface area (Å²) in [5, 5.41) is 3.22. The minimum atomic E-state index is -4.22. The molecule has 1 saturated heterocycles. The fraction of sp³-hybridized carbons (Fsp3) is 0.650. The minimum absolute atomic E-state index is 0.329. The van der Waals surface area contributed by atoms with Gasteiger partial charge in [0, 0.05) is 32.7 Å². The third-order valence-corrected chi connectivity index (χ3v) is 5.11. The molecule has 0 spiro atoms. The van der Waals surface area contributed by atoms with Gasteiger partial charge in [-0.05, 0) is 31.5 Å². The number of aliphatic imine (C=N–C) groups is 1. The van der Waals surface area contributed by atoms with E-state index in [4.69, 9.17) is 14.2 Å². The van der Waals surface area contributed by atoms with Crippen LogP contribution in [0, 0.1) is 0 Å². The fourth-order valence-electron chi connectivity index (χ4n) is 3.35. The van der Waals surface area contributed by atoms with Gasteiger partial charge < -0.3 is 24.4 Å². The zero-order valence-electron chi connectivity index (χ0n) is 18.2. The summed E-state index contributed by atoms with van der Waals surface area (Å²) >= 11 is 0. The molecule has 0 saturated carbocycles. The number of guanidine groups is 1. The van der Waals surface area contributed by atoms with E-state index in [0.717, 1.165) is 5.56 Å². The highest BCUT2D eigenvalue weighted by molar-refractivity contribution is 5.80. The number of piperazine rings is 1. The molecule has 0 radical (unpaired) electrons. The van der Waals surface area contributed by atoms with Crippen LogP contribution in [0.25, 0.3) is 0 Å². The molecular formula is C20H31F3N4O3. The Labute approximate surface area is 175 Å². The highest BCUT2D eigenvalue weighted by Gasteiger charge is 2.41. The Bertz CT molecular complexity index is 695. The first-order valence-corrected chi connectivity index (χ1v) is 9.88. The second kappa shape index (κ2) is 10.6. The van der Waals surface area contributed by atoms with Gasteiger partial charge in [0.05, 0.1) is 27.9 Å². The Morgan fingerprint density at radius 3 is 2.07 bits per heavy atom. The predicted octanol–water partition coefficient (Wildman–Crippen LogP) is 2.75. The number of hydrogen-bond acceptors (Lipinski definition) is 5. The quantitative estimate of drug-likeness (QED) is 0.528. The first-order chi connectivity index (χ1) is 14.2. The van der Waals surface area contributed by atoms with Crippen molar-refractivity contribution in [3.63, 3.8) is 0 Å². The predicted molar refractivity (Wildman–Crippen MR) is 110 cm³/mol. The molecule has 0 aromatic heterocycles. The molecule has 1 unspecified atom stereocenters. The van der Waals surface area contributed by atoms with Crippen LogP contribution >= 0.6 is 0 Å². The van der Waals surface area contributed by atoms with Crippen LogP contribution in [-0.4, -0.2) is 82.0 Å². The summed E-state index contributed by atoms with van der Waals surface area (Å²) < 4.78 is 55.0. The molecule has 1 fully saturated rings. The highest BCUT2D eigenvalue weighted by Crippen LogP contribution is 2.38. The molecule has 1 N–H and O–H groups in total. The van der Waals surface area contributed by atoms with Crippen LogP contribution in [0.1, 0.15) is 19.4 Å². The standard InChI is InChI=1S/C20H31F3N4O3/c1-6-24-19(27-9-7-26(8-10-27)14(2)20(21,22)23)25-13-15-11-16(28-3)18(30-5)17(12-15)29-4/h11-12,14H,6-10,13H2,1-5H3,(H,24,25). The van der Waals surface area contributed by atoms with E-state index in [0.29, 0.717) is 62.5 Å². The monoisotopic (exact) mass is 432 g/mol. The molecular weight excluding hydrogens is 401 g/mol. The van der Waals surface area contributed by atoms with E-state index >= 15 is 0 Å². The molecule has 0 aliphatic carbocycles. The van der Waals surface area contributed by atoms with Crippen molar-refractivity contribution in [2.24, 2.45) is 4.99 Å². The third kappa shape index (κ3) is 5.84. The smallest absolute Gasteiger partial charge is 0.403 e. The molecule has 1 aromatic rings. The van der Waals surface area contributed by atoms with E-state index in [1.807, 2.05) is 24.0 Å². The second-order valence-electron chi connectivity index (χ2n) is 6.94. The van der Waals surface area contributed by atoms with E-state index in [-0.39, 0.29) is 0 Å². The molecule has 10 heteroatoms. The summed E-state index contributed by atoms with van der Waals surface area (Å²) in [6.45, 7) is 5.79. The van der Waals surface area contributed by atoms with Crippen LogP contribution in [0.15, 0.2) is 17.1 Å². The van der Waals surface area contributed by atoms with Crippen molar-refractivity contribution in [1.82, 2.24) is 15.1 Å². The van der Waals surface area contributed by atoms with Crippen molar-refractivity contribution in [3.8, 4) is 17.2 Å². The first kappa shape index (κ1) is 23.9. The van der Waals surface area contributed by atoms with E-state index < -0.39 is 12.2 Å². The largest absolute Gasteiger partial charge is 0.493 e. The second-order valence-corrected chi connectivity index (χ2v) is 6.94. The Morgan fingerprint density at radius 1 is 1.07 bits per heavy atom. The number of hydrogen-bond donors (Lipinski definition) is 1. The van der Waals surface area contributed by atoms with Crippen molar-refractivity contribution in [3.05, 3.63) is 17.7 Å². The minimum Gasteiger partial charge on any atom is -0.493 e. The molecule has 1 heterocycles. The van der Waals surface area contributed by atoms with Crippen LogP contribution < -0.4 is 19.5 Å². The van der Waals surface area contributed by atoms with Gasteiger partial charge in [0.2, 0.25) is 5.75 Å². The summed E-state index contributed by atoms with van der Waals surface area (Å²) in [5.41, 5.74) is 0.865. The van der Waals surface area contributed by atoms with Gasteiger partial charge >= 0.3 is 6.18 Å². The maximum Gasteiger partial charge on any atom is 0.403 e. The third-order valence-electron chi connectivity index (χ3n) is 5.11. The van der Waals surface area contributed by atoms with Crippen molar-refractivity contribution in [1.29, 1.82) is 0 Å². The molecule has 170 valence electrons.